The normalized spacial score (nSPS) is 13.7. The van der Waals surface area contributed by atoms with Gasteiger partial charge >= 0.3 is 0 Å². The van der Waals surface area contributed by atoms with Crippen LogP contribution in [0.1, 0.15) is 154 Å². The summed E-state index contributed by atoms with van der Waals surface area (Å²) in [5.41, 5.74) is 33.5. The van der Waals surface area contributed by atoms with Crippen LogP contribution in [-0.4, -0.2) is 11.3 Å². The number of para-hydroxylation sites is 1. The summed E-state index contributed by atoms with van der Waals surface area (Å²) in [6, 6.07) is 42.4. The van der Waals surface area contributed by atoms with Crippen LogP contribution in [0.5, 0.6) is 0 Å². The first-order chi connectivity index (χ1) is 37.2. The monoisotopic (exact) mass is 1040 g/mol. The lowest BCUT2D eigenvalue weighted by molar-refractivity contribution is 0.588. The molecule has 0 fully saturated rings. The van der Waals surface area contributed by atoms with Gasteiger partial charge in [-0.05, 0) is 221 Å². The lowest BCUT2D eigenvalue weighted by Crippen LogP contribution is -2.61. The molecule has 0 atom stereocenters. The third kappa shape index (κ3) is 9.00. The number of benzene rings is 7. The Kier molecular flexibility index (Phi) is 13.6. The Morgan fingerprint density at radius 3 is 1.54 bits per heavy atom. The second kappa shape index (κ2) is 19.7. The van der Waals surface area contributed by atoms with Crippen LogP contribution in [0, 0.1) is 48.5 Å². The highest BCUT2D eigenvalue weighted by atomic mass is 15.2. The second-order valence-corrected chi connectivity index (χ2v) is 26.0. The number of aromatic nitrogens is 1. The average molecular weight is 1040 g/mol. The molecule has 0 saturated heterocycles. The Balaban J connectivity index is 1.38. The second-order valence-electron chi connectivity index (χ2n) is 26.0. The molecule has 7 aromatic carbocycles. The van der Waals surface area contributed by atoms with Gasteiger partial charge in [0.2, 0.25) is 0 Å². The molecular weight excluding hydrogens is 954 g/mol. The zero-order chi connectivity index (χ0) is 57.1. The van der Waals surface area contributed by atoms with Gasteiger partial charge in [0.1, 0.15) is 0 Å². The van der Waals surface area contributed by atoms with Crippen molar-refractivity contribution in [2.75, 3.05) is 9.80 Å². The Labute approximate surface area is 474 Å². The van der Waals surface area contributed by atoms with Gasteiger partial charge in [0, 0.05) is 33.7 Å². The lowest BCUT2D eigenvalue weighted by atomic mass is 9.33. The van der Waals surface area contributed by atoms with E-state index >= 15 is 0 Å². The fraction of sp³-hybridized carbons (Fsp3) is 0.280. The van der Waals surface area contributed by atoms with E-state index in [2.05, 4.69) is 286 Å². The molecule has 0 spiro atoms. The van der Waals surface area contributed by atoms with E-state index < -0.39 is 0 Å². The number of anilines is 6. The van der Waals surface area contributed by atoms with Gasteiger partial charge in [-0.15, -0.1) is 0 Å². The molecule has 0 aliphatic carbocycles. The standard InChI is InChI=1S/C75H82BN3/c1-22-28-59-60-42-62-66(43-64(60)77(63(59)24-3)70-45(5)30-27-31-46(70)6)79(71-47(7)35-53(36-48(71)8)57(23-2)51(11)52(12)58-32-26-25-29-44(58)4)68-41-56(75(19,20)21)40-67-69(68)76(62)61-34-33-54(73(13,14)15)39-65(61)78(67)72-49(9)37-55(38-50(72)10)74(16,17)18/h22-43H,2-3,12H2,1,4-11,13-21H3/b28-22-,57-51+. The Hall–Kier alpha value is -7.56. The molecule has 0 radical (unpaired) electrons. The van der Waals surface area contributed by atoms with E-state index in [0.29, 0.717) is 0 Å². The molecule has 3 heterocycles. The van der Waals surface area contributed by atoms with Crippen LogP contribution < -0.4 is 26.2 Å². The molecule has 0 saturated carbocycles. The third-order valence-corrected chi connectivity index (χ3v) is 17.3. The van der Waals surface area contributed by atoms with Gasteiger partial charge in [-0.25, -0.2) is 0 Å². The molecule has 400 valence electrons. The van der Waals surface area contributed by atoms with Crippen molar-refractivity contribution in [2.24, 2.45) is 0 Å². The molecule has 79 heavy (non-hydrogen) atoms. The van der Waals surface area contributed by atoms with Crippen molar-refractivity contribution in [3.63, 3.8) is 0 Å². The van der Waals surface area contributed by atoms with Crippen LogP contribution in [-0.2, 0) is 16.2 Å². The van der Waals surface area contributed by atoms with Gasteiger partial charge in [-0.3, -0.25) is 0 Å². The average Bonchev–Trinajstić information content (AvgIpc) is 2.83. The van der Waals surface area contributed by atoms with Crippen LogP contribution in [0.4, 0.5) is 34.1 Å². The number of rotatable bonds is 9. The largest absolute Gasteiger partial charge is 0.311 e. The van der Waals surface area contributed by atoms with Crippen molar-refractivity contribution >= 4 is 91.4 Å². The molecule has 10 rings (SSSR count). The van der Waals surface area contributed by atoms with Crippen LogP contribution in [0.2, 0.25) is 0 Å². The van der Waals surface area contributed by atoms with Crippen molar-refractivity contribution in [3.8, 4) is 5.69 Å². The van der Waals surface area contributed by atoms with Crippen molar-refractivity contribution < 1.29 is 0 Å². The van der Waals surface area contributed by atoms with Gasteiger partial charge in [-0.1, -0.05) is 173 Å². The van der Waals surface area contributed by atoms with E-state index in [0.717, 1.165) is 39.1 Å². The SMILES string of the molecule is C=C/C(=C(/C)C(=C)c1ccccc1C)c1cc(C)c(N2c3cc4c(cc3B3c5ccc(C(C)(C)C)cc5N(c5c(C)cc(C(C)(C)C)cc5C)c5cc(C(C)(C)C)cc2c53)c(/C=C\C)c(C=C)n4-c2c(C)cccc2C)c(C)c1. The third-order valence-electron chi connectivity index (χ3n) is 17.3. The van der Waals surface area contributed by atoms with Gasteiger partial charge in [0.15, 0.2) is 0 Å². The molecule has 0 bridgehead atoms. The van der Waals surface area contributed by atoms with Crippen molar-refractivity contribution in [3.05, 3.63) is 225 Å². The summed E-state index contributed by atoms with van der Waals surface area (Å²) < 4.78 is 2.49. The number of hydrogen-bond acceptors (Lipinski definition) is 2. The van der Waals surface area contributed by atoms with Crippen molar-refractivity contribution in [1.82, 2.24) is 4.57 Å². The summed E-state index contributed by atoms with van der Waals surface area (Å²) in [4.78, 5) is 5.32. The first-order valence-electron chi connectivity index (χ1n) is 28.5. The molecule has 0 amide bonds. The summed E-state index contributed by atoms with van der Waals surface area (Å²) in [6.45, 7) is 54.9. The molecular formula is C75H82BN3. The van der Waals surface area contributed by atoms with Crippen molar-refractivity contribution in [1.29, 1.82) is 0 Å². The van der Waals surface area contributed by atoms with Gasteiger partial charge in [0.05, 0.1) is 28.3 Å². The molecule has 2 aliphatic heterocycles. The van der Waals surface area contributed by atoms with Crippen LogP contribution in [0.3, 0.4) is 0 Å². The highest BCUT2D eigenvalue weighted by Gasteiger charge is 2.46. The molecule has 2 aliphatic rings. The van der Waals surface area contributed by atoms with E-state index in [1.807, 2.05) is 6.08 Å². The number of nitrogens with zero attached hydrogens (tertiary/aromatic N) is 3. The molecule has 4 heteroatoms. The van der Waals surface area contributed by atoms with Crippen molar-refractivity contribution in [2.45, 2.75) is 141 Å². The van der Waals surface area contributed by atoms with Gasteiger partial charge in [0.25, 0.3) is 6.71 Å². The van der Waals surface area contributed by atoms with E-state index in [1.165, 1.54) is 123 Å². The van der Waals surface area contributed by atoms with Gasteiger partial charge < -0.3 is 14.4 Å². The molecule has 0 unspecified atom stereocenters. The van der Waals surface area contributed by atoms with Gasteiger partial charge in [-0.2, -0.15) is 0 Å². The van der Waals surface area contributed by atoms with E-state index in [1.54, 1.807) is 0 Å². The minimum atomic E-state index is -0.192. The van der Waals surface area contributed by atoms with Crippen LogP contribution >= 0.6 is 0 Å². The number of hydrogen-bond donors (Lipinski definition) is 0. The maximum Gasteiger partial charge on any atom is 0.252 e. The Morgan fingerprint density at radius 1 is 0.519 bits per heavy atom. The summed E-state index contributed by atoms with van der Waals surface area (Å²) >= 11 is 0. The molecule has 1 aromatic heterocycles. The van der Waals surface area contributed by atoms with E-state index in [9.17, 15) is 0 Å². The predicted molar refractivity (Wildman–Crippen MR) is 350 cm³/mol. The highest BCUT2D eigenvalue weighted by molar-refractivity contribution is 7.00. The fourth-order valence-electron chi connectivity index (χ4n) is 13.1. The molecule has 8 aromatic rings. The topological polar surface area (TPSA) is 11.4 Å². The van der Waals surface area contributed by atoms with Crippen LogP contribution in [0.15, 0.2) is 147 Å². The number of fused-ring (bicyclic) bond motifs is 5. The minimum absolute atomic E-state index is 0.00550. The number of aryl methyl sites for hydroxylation is 7. The lowest BCUT2D eigenvalue weighted by Gasteiger charge is -2.46. The summed E-state index contributed by atoms with van der Waals surface area (Å²) in [5, 5.41) is 1.21. The summed E-state index contributed by atoms with van der Waals surface area (Å²) in [7, 11) is 0. The first kappa shape index (κ1) is 54.8. The van der Waals surface area contributed by atoms with E-state index in [-0.39, 0.29) is 23.0 Å². The Bertz CT molecular complexity index is 3890. The molecule has 0 N–H and O–H groups in total. The zero-order valence-electron chi connectivity index (χ0n) is 50.7. The first-order valence-corrected chi connectivity index (χ1v) is 28.5. The minimum Gasteiger partial charge on any atom is -0.311 e. The quantitative estimate of drug-likeness (QED) is 0.105. The smallest absolute Gasteiger partial charge is 0.252 e. The Morgan fingerprint density at radius 2 is 1.03 bits per heavy atom. The summed E-state index contributed by atoms with van der Waals surface area (Å²) in [6.07, 6.45) is 8.55. The maximum absolute atomic E-state index is 4.67. The summed E-state index contributed by atoms with van der Waals surface area (Å²) in [5.74, 6) is 0. The fourth-order valence-corrected chi connectivity index (χ4v) is 13.1. The predicted octanol–water partition coefficient (Wildman–Crippen LogP) is 19.1. The maximum atomic E-state index is 4.67. The number of allylic oxidation sites excluding steroid dienone is 5. The highest BCUT2D eigenvalue weighted by Crippen LogP contribution is 2.51. The van der Waals surface area contributed by atoms with E-state index in [4.69, 9.17) is 0 Å². The zero-order valence-corrected chi connectivity index (χ0v) is 50.7. The molecule has 3 nitrogen and oxygen atoms in total. The van der Waals surface area contributed by atoms with Crippen LogP contribution in [0.25, 0.3) is 39.9 Å².